The number of amides is 1. The lowest BCUT2D eigenvalue weighted by atomic mass is 9.42. The SMILES string of the molecule is CCNC(=O)CCC(C)C1CCC2C3C(OC(C)=O)CC4CC5(CCC4(C)C3CC(OC(C)=O)C12C)OOC1(CCC(c2ccccc2)CC1)OO5. The smallest absolute Gasteiger partial charge is 0.302 e. The summed E-state index contributed by atoms with van der Waals surface area (Å²) in [6, 6.07) is 10.6. The Morgan fingerprint density at radius 2 is 1.52 bits per heavy atom. The summed E-state index contributed by atoms with van der Waals surface area (Å²) in [5, 5.41) is 2.94. The van der Waals surface area contributed by atoms with E-state index in [4.69, 9.17) is 29.0 Å². The van der Waals surface area contributed by atoms with Gasteiger partial charge in [-0.25, -0.2) is 0 Å². The Bertz CT molecular complexity index is 1450. The van der Waals surface area contributed by atoms with Crippen LogP contribution in [0.15, 0.2) is 30.3 Å². The molecule has 10 unspecified atom stereocenters. The zero-order valence-corrected chi connectivity index (χ0v) is 32.2. The maximum absolute atomic E-state index is 12.8. The molecule has 0 radical (unpaired) electrons. The van der Waals surface area contributed by atoms with Crippen molar-refractivity contribution < 1.29 is 43.4 Å². The molecule has 1 aromatic rings. The lowest BCUT2D eigenvalue weighted by Gasteiger charge is -2.65. The van der Waals surface area contributed by atoms with Gasteiger partial charge in [0.15, 0.2) is 0 Å². The normalized spacial score (nSPS) is 43.1. The van der Waals surface area contributed by atoms with E-state index in [2.05, 4.69) is 50.4 Å². The maximum Gasteiger partial charge on any atom is 0.302 e. The number of nitrogens with one attached hydrogen (secondary N) is 1. The van der Waals surface area contributed by atoms with Gasteiger partial charge in [-0.1, -0.05) is 51.1 Å². The van der Waals surface area contributed by atoms with Crippen LogP contribution in [0, 0.1) is 46.3 Å². The van der Waals surface area contributed by atoms with Crippen LogP contribution in [-0.4, -0.2) is 48.2 Å². The Hall–Kier alpha value is -2.53. The van der Waals surface area contributed by atoms with Gasteiger partial charge >= 0.3 is 11.9 Å². The molecule has 10 atom stereocenters. The number of benzene rings is 1. The summed E-state index contributed by atoms with van der Waals surface area (Å²) in [4.78, 5) is 62.9. The summed E-state index contributed by atoms with van der Waals surface area (Å²) in [6.45, 7) is 12.6. The molecule has 5 saturated carbocycles. The molecule has 1 N–H and O–H groups in total. The first-order valence-electron chi connectivity index (χ1n) is 20.2. The van der Waals surface area contributed by atoms with Crippen molar-refractivity contribution >= 4 is 17.8 Å². The van der Waals surface area contributed by atoms with Gasteiger partial charge in [-0.3, -0.25) is 14.4 Å². The third-order valence-electron chi connectivity index (χ3n) is 15.0. The van der Waals surface area contributed by atoms with Crippen LogP contribution in [0.4, 0.5) is 0 Å². The van der Waals surface area contributed by atoms with E-state index in [1.165, 1.54) is 19.4 Å². The molecule has 5 aliphatic carbocycles. The molecule has 0 bridgehead atoms. The topological polar surface area (TPSA) is 119 Å². The summed E-state index contributed by atoms with van der Waals surface area (Å²) in [5.41, 5.74) is 0.925. The van der Waals surface area contributed by atoms with Crippen molar-refractivity contribution in [3.8, 4) is 0 Å². The minimum atomic E-state index is -1.03. The molecular formula is C42H61NO9. The Morgan fingerprint density at radius 1 is 0.846 bits per heavy atom. The highest BCUT2D eigenvalue weighted by Crippen LogP contribution is 2.70. The Balaban J connectivity index is 1.09. The van der Waals surface area contributed by atoms with Crippen LogP contribution >= 0.6 is 0 Å². The van der Waals surface area contributed by atoms with E-state index < -0.39 is 11.6 Å². The van der Waals surface area contributed by atoms with Gasteiger partial charge in [0, 0.05) is 63.8 Å². The number of hydrogen-bond donors (Lipinski definition) is 1. The molecule has 6 fully saturated rings. The van der Waals surface area contributed by atoms with E-state index in [1.54, 1.807) is 0 Å². The van der Waals surface area contributed by atoms with Gasteiger partial charge in [-0.15, -0.1) is 0 Å². The van der Waals surface area contributed by atoms with Gasteiger partial charge in [0.2, 0.25) is 17.5 Å². The Labute approximate surface area is 309 Å². The summed E-state index contributed by atoms with van der Waals surface area (Å²) in [7, 11) is 0. The van der Waals surface area contributed by atoms with Crippen LogP contribution in [0.2, 0.25) is 0 Å². The van der Waals surface area contributed by atoms with Crippen molar-refractivity contribution in [1.29, 1.82) is 0 Å². The highest BCUT2D eigenvalue weighted by atomic mass is 17.4. The van der Waals surface area contributed by atoms with Crippen LogP contribution in [0.1, 0.15) is 136 Å². The fourth-order valence-corrected chi connectivity index (χ4v) is 12.4. The predicted molar refractivity (Wildman–Crippen MR) is 192 cm³/mol. The third-order valence-corrected chi connectivity index (χ3v) is 15.0. The molecule has 10 heteroatoms. The van der Waals surface area contributed by atoms with Crippen LogP contribution in [0.25, 0.3) is 0 Å². The van der Waals surface area contributed by atoms with Crippen molar-refractivity contribution in [1.82, 2.24) is 5.32 Å². The molecule has 288 valence electrons. The molecule has 6 aliphatic rings. The van der Waals surface area contributed by atoms with Crippen LogP contribution in [0.5, 0.6) is 0 Å². The van der Waals surface area contributed by atoms with Gasteiger partial charge in [0.1, 0.15) is 12.2 Å². The van der Waals surface area contributed by atoms with Gasteiger partial charge in [-0.05, 0) is 105 Å². The van der Waals surface area contributed by atoms with Crippen LogP contribution < -0.4 is 5.32 Å². The number of fused-ring (bicyclic) bond motifs is 5. The van der Waals surface area contributed by atoms with Gasteiger partial charge in [0.25, 0.3) is 0 Å². The largest absolute Gasteiger partial charge is 0.462 e. The molecule has 1 saturated heterocycles. The highest BCUT2D eigenvalue weighted by molar-refractivity contribution is 5.75. The van der Waals surface area contributed by atoms with E-state index in [9.17, 15) is 14.4 Å². The zero-order chi connectivity index (χ0) is 36.9. The second kappa shape index (κ2) is 14.6. The van der Waals surface area contributed by atoms with E-state index in [0.29, 0.717) is 51.0 Å². The fourth-order valence-electron chi connectivity index (χ4n) is 12.4. The maximum atomic E-state index is 12.8. The first-order chi connectivity index (χ1) is 24.8. The Kier molecular flexibility index (Phi) is 10.6. The summed E-state index contributed by atoms with van der Waals surface area (Å²) in [6.07, 6.45) is 9.37. The number of carbonyl (C=O) groups is 3. The molecule has 52 heavy (non-hydrogen) atoms. The highest BCUT2D eigenvalue weighted by Gasteiger charge is 2.69. The molecule has 1 aromatic carbocycles. The molecular weight excluding hydrogens is 662 g/mol. The predicted octanol–water partition coefficient (Wildman–Crippen LogP) is 7.94. The zero-order valence-electron chi connectivity index (χ0n) is 32.2. The van der Waals surface area contributed by atoms with Gasteiger partial charge < -0.3 is 14.8 Å². The molecule has 1 heterocycles. The number of esters is 2. The lowest BCUT2D eigenvalue weighted by Crippen LogP contribution is -2.65. The molecule has 1 aliphatic heterocycles. The Morgan fingerprint density at radius 3 is 2.17 bits per heavy atom. The van der Waals surface area contributed by atoms with Crippen molar-refractivity contribution in [2.45, 2.75) is 155 Å². The number of hydrogen-bond acceptors (Lipinski definition) is 9. The summed E-state index contributed by atoms with van der Waals surface area (Å²) >= 11 is 0. The quantitative estimate of drug-likeness (QED) is 0.211. The van der Waals surface area contributed by atoms with Crippen molar-refractivity contribution in [2.24, 2.45) is 46.3 Å². The minimum absolute atomic E-state index is 0.0814. The molecule has 10 nitrogen and oxygen atoms in total. The second-order valence-electron chi connectivity index (χ2n) is 17.8. The third kappa shape index (κ3) is 6.83. The number of ether oxygens (including phenoxy) is 2. The van der Waals surface area contributed by atoms with E-state index in [-0.39, 0.29) is 76.4 Å². The summed E-state index contributed by atoms with van der Waals surface area (Å²) in [5.74, 6) is -0.737. The average molecular weight is 724 g/mol. The van der Waals surface area contributed by atoms with Crippen molar-refractivity contribution in [3.05, 3.63) is 35.9 Å². The van der Waals surface area contributed by atoms with E-state index >= 15 is 0 Å². The second-order valence-corrected chi connectivity index (χ2v) is 17.8. The summed E-state index contributed by atoms with van der Waals surface area (Å²) < 4.78 is 12.6. The monoisotopic (exact) mass is 723 g/mol. The van der Waals surface area contributed by atoms with Gasteiger partial charge in [0.05, 0.1) is 0 Å². The van der Waals surface area contributed by atoms with Crippen LogP contribution in [-0.2, 0) is 43.4 Å². The van der Waals surface area contributed by atoms with Gasteiger partial charge in [-0.2, -0.15) is 19.6 Å². The molecule has 7 rings (SSSR count). The standard InChI is InChI=1S/C42H61NO9/c1-7-43-37(46)16-13-26(2)32-14-15-33-38-34(24-36(40(32,33)6)48-28(4)45)39(5)21-22-42(25-31(39)23-35(38)47-27(3)44)51-49-41(50-52-42)19-17-30(18-20-41)29-11-9-8-10-12-29/h8-12,26,30-36,38H,7,13-25H2,1-6H3,(H,43,46). The van der Waals surface area contributed by atoms with Crippen molar-refractivity contribution in [3.63, 3.8) is 0 Å². The minimum Gasteiger partial charge on any atom is -0.462 e. The lowest BCUT2D eigenvalue weighted by molar-refractivity contribution is -0.665. The average Bonchev–Trinajstić information content (AvgIpc) is 3.48. The molecule has 0 aromatic heterocycles. The first-order valence-corrected chi connectivity index (χ1v) is 20.2. The number of carbonyl (C=O) groups excluding carboxylic acids is 3. The number of rotatable bonds is 8. The fraction of sp³-hybridized carbons (Fsp3) is 0.786. The van der Waals surface area contributed by atoms with E-state index in [1.807, 2.05) is 13.0 Å². The van der Waals surface area contributed by atoms with E-state index in [0.717, 1.165) is 44.9 Å². The first kappa shape index (κ1) is 37.8. The van der Waals surface area contributed by atoms with Crippen LogP contribution in [0.3, 0.4) is 0 Å². The molecule has 1 amide bonds. The molecule has 2 spiro atoms. The van der Waals surface area contributed by atoms with Crippen molar-refractivity contribution in [2.75, 3.05) is 6.54 Å².